The normalized spacial score (nSPS) is 20.2. The molecule has 90 valence electrons. The highest BCUT2D eigenvalue weighted by atomic mass is 16.5. The first-order valence-electron chi connectivity index (χ1n) is 4.66. The predicted molar refractivity (Wildman–Crippen MR) is 51.5 cm³/mol. The number of urea groups is 1. The summed E-state index contributed by atoms with van der Waals surface area (Å²) in [7, 11) is 0. The highest BCUT2D eigenvalue weighted by molar-refractivity contribution is 5.83. The van der Waals surface area contributed by atoms with Crippen molar-refractivity contribution in [1.29, 1.82) is 0 Å². The number of aliphatic carboxylic acids is 1. The first-order chi connectivity index (χ1) is 7.50. The smallest absolute Gasteiger partial charge is 0.334 e. The summed E-state index contributed by atoms with van der Waals surface area (Å²) in [6.45, 7) is 0.128. The lowest BCUT2D eigenvalue weighted by Gasteiger charge is -2.30. The van der Waals surface area contributed by atoms with E-state index in [1.807, 2.05) is 0 Å². The van der Waals surface area contributed by atoms with Crippen LogP contribution in [0.4, 0.5) is 4.79 Å². The Hall–Kier alpha value is -1.83. The van der Waals surface area contributed by atoms with Crippen LogP contribution in [-0.4, -0.2) is 60.3 Å². The van der Waals surface area contributed by atoms with E-state index in [4.69, 9.17) is 15.6 Å². The van der Waals surface area contributed by atoms with Crippen LogP contribution in [0.3, 0.4) is 0 Å². The number of carboxylic acid groups (broad SMARTS) is 1. The Kier molecular flexibility index (Phi) is 4.06. The van der Waals surface area contributed by atoms with Gasteiger partial charge in [-0.2, -0.15) is 0 Å². The molecule has 8 nitrogen and oxygen atoms in total. The van der Waals surface area contributed by atoms with Gasteiger partial charge in [-0.3, -0.25) is 4.79 Å². The van der Waals surface area contributed by atoms with Crippen molar-refractivity contribution in [2.45, 2.75) is 6.10 Å². The van der Waals surface area contributed by atoms with E-state index >= 15 is 0 Å². The van der Waals surface area contributed by atoms with E-state index in [2.05, 4.69) is 5.32 Å². The summed E-state index contributed by atoms with van der Waals surface area (Å²) in [6, 6.07) is -0.520. The number of ether oxygens (including phenoxy) is 1. The molecule has 1 unspecified atom stereocenters. The molecule has 0 aromatic rings. The number of primary amides is 1. The van der Waals surface area contributed by atoms with Crippen LogP contribution in [0.1, 0.15) is 0 Å². The molecule has 1 aliphatic heterocycles. The quantitative estimate of drug-likeness (QED) is 0.517. The SMILES string of the molecule is NC(=O)CNC(=O)N1CCOC(C(=O)O)C1. The molecule has 1 aliphatic rings. The average molecular weight is 231 g/mol. The fourth-order valence-corrected chi connectivity index (χ4v) is 1.26. The molecule has 1 saturated heterocycles. The lowest BCUT2D eigenvalue weighted by atomic mass is 10.3. The molecule has 3 amide bonds. The maximum atomic E-state index is 11.4. The van der Waals surface area contributed by atoms with Gasteiger partial charge in [0.05, 0.1) is 19.7 Å². The number of rotatable bonds is 3. The topological polar surface area (TPSA) is 122 Å². The number of hydrogen-bond donors (Lipinski definition) is 3. The summed E-state index contributed by atoms with van der Waals surface area (Å²) in [5.41, 5.74) is 4.85. The molecule has 1 heterocycles. The summed E-state index contributed by atoms with van der Waals surface area (Å²) in [5.74, 6) is -1.77. The van der Waals surface area contributed by atoms with Crippen molar-refractivity contribution in [2.75, 3.05) is 26.2 Å². The number of amides is 3. The number of carbonyl (C=O) groups is 3. The van der Waals surface area contributed by atoms with Crippen LogP contribution in [0.25, 0.3) is 0 Å². The first-order valence-corrected chi connectivity index (χ1v) is 4.66. The van der Waals surface area contributed by atoms with Crippen molar-refractivity contribution in [1.82, 2.24) is 10.2 Å². The van der Waals surface area contributed by atoms with Gasteiger partial charge in [0, 0.05) is 6.54 Å². The Labute approximate surface area is 91.3 Å². The zero-order valence-electron chi connectivity index (χ0n) is 8.51. The minimum atomic E-state index is -1.12. The van der Waals surface area contributed by atoms with E-state index in [1.54, 1.807) is 0 Å². The molecular formula is C8H13N3O5. The highest BCUT2D eigenvalue weighted by Gasteiger charge is 2.28. The summed E-state index contributed by atoms with van der Waals surface area (Å²) in [4.78, 5) is 33.8. The summed E-state index contributed by atoms with van der Waals surface area (Å²) in [6.07, 6.45) is -1.02. The molecule has 8 heteroatoms. The first kappa shape index (κ1) is 12.2. The largest absolute Gasteiger partial charge is 0.479 e. The van der Waals surface area contributed by atoms with Gasteiger partial charge in [-0.25, -0.2) is 9.59 Å². The van der Waals surface area contributed by atoms with E-state index in [0.29, 0.717) is 0 Å². The van der Waals surface area contributed by atoms with Crippen LogP contribution in [0, 0.1) is 0 Å². The van der Waals surface area contributed by atoms with Crippen LogP contribution >= 0.6 is 0 Å². The van der Waals surface area contributed by atoms with Gasteiger partial charge in [-0.15, -0.1) is 0 Å². The van der Waals surface area contributed by atoms with E-state index in [-0.39, 0.29) is 26.2 Å². The van der Waals surface area contributed by atoms with E-state index in [0.717, 1.165) is 0 Å². The Bertz CT molecular complexity index is 306. The summed E-state index contributed by atoms with van der Waals surface area (Å²) in [5, 5.41) is 11.0. The van der Waals surface area contributed by atoms with Gasteiger partial charge in [-0.05, 0) is 0 Å². The molecule has 1 atom stereocenters. The average Bonchev–Trinajstić information content (AvgIpc) is 2.26. The maximum Gasteiger partial charge on any atom is 0.334 e. The number of carbonyl (C=O) groups excluding carboxylic acids is 2. The van der Waals surface area contributed by atoms with Gasteiger partial charge in [0.15, 0.2) is 6.10 Å². The third-order valence-corrected chi connectivity index (χ3v) is 2.04. The van der Waals surface area contributed by atoms with Crippen LogP contribution in [0.15, 0.2) is 0 Å². The molecule has 0 aromatic carbocycles. The number of hydrogen-bond acceptors (Lipinski definition) is 4. The van der Waals surface area contributed by atoms with Crippen LogP contribution in [-0.2, 0) is 14.3 Å². The van der Waals surface area contributed by atoms with Gasteiger partial charge in [0.1, 0.15) is 0 Å². The zero-order chi connectivity index (χ0) is 12.1. The minimum Gasteiger partial charge on any atom is -0.479 e. The standard InChI is InChI=1S/C8H13N3O5/c9-6(12)3-10-8(15)11-1-2-16-5(4-11)7(13)14/h5H,1-4H2,(H2,9,12)(H,10,15)(H,13,14). The second-order valence-corrected chi connectivity index (χ2v) is 3.27. The summed E-state index contributed by atoms with van der Waals surface area (Å²) < 4.78 is 4.93. The van der Waals surface area contributed by atoms with Gasteiger partial charge in [0.2, 0.25) is 5.91 Å². The monoisotopic (exact) mass is 231 g/mol. The Morgan fingerprint density at radius 2 is 2.19 bits per heavy atom. The summed E-state index contributed by atoms with van der Waals surface area (Å²) >= 11 is 0. The van der Waals surface area contributed by atoms with Gasteiger partial charge >= 0.3 is 12.0 Å². The van der Waals surface area contributed by atoms with Crippen LogP contribution < -0.4 is 11.1 Å². The number of nitrogens with one attached hydrogen (secondary N) is 1. The molecule has 0 saturated carbocycles. The Morgan fingerprint density at radius 1 is 1.50 bits per heavy atom. The Morgan fingerprint density at radius 3 is 2.75 bits per heavy atom. The number of nitrogens with zero attached hydrogens (tertiary/aromatic N) is 1. The zero-order valence-corrected chi connectivity index (χ0v) is 8.51. The van der Waals surface area contributed by atoms with E-state index in [1.165, 1.54) is 4.90 Å². The lowest BCUT2D eigenvalue weighted by molar-refractivity contribution is -0.154. The fourth-order valence-electron chi connectivity index (χ4n) is 1.26. The molecule has 0 spiro atoms. The van der Waals surface area contributed by atoms with Crippen molar-refractivity contribution in [3.8, 4) is 0 Å². The molecule has 1 fully saturated rings. The van der Waals surface area contributed by atoms with E-state index < -0.39 is 24.0 Å². The fraction of sp³-hybridized carbons (Fsp3) is 0.625. The molecule has 1 rings (SSSR count). The third kappa shape index (κ3) is 3.39. The molecule has 4 N–H and O–H groups in total. The van der Waals surface area contributed by atoms with Crippen molar-refractivity contribution in [3.63, 3.8) is 0 Å². The van der Waals surface area contributed by atoms with Crippen LogP contribution in [0.2, 0.25) is 0 Å². The van der Waals surface area contributed by atoms with Crippen LogP contribution in [0.5, 0.6) is 0 Å². The predicted octanol–water partition coefficient (Wildman–Crippen LogP) is -2.03. The lowest BCUT2D eigenvalue weighted by Crippen LogP contribution is -2.52. The second kappa shape index (κ2) is 5.31. The van der Waals surface area contributed by atoms with Gasteiger partial charge < -0.3 is 25.8 Å². The maximum absolute atomic E-state index is 11.4. The molecule has 0 aliphatic carbocycles. The molecule has 16 heavy (non-hydrogen) atoms. The molecule has 0 bridgehead atoms. The van der Waals surface area contributed by atoms with Gasteiger partial charge in [-0.1, -0.05) is 0 Å². The van der Waals surface area contributed by atoms with Crippen molar-refractivity contribution in [2.24, 2.45) is 5.73 Å². The third-order valence-electron chi connectivity index (χ3n) is 2.04. The molecular weight excluding hydrogens is 218 g/mol. The van der Waals surface area contributed by atoms with Crippen molar-refractivity contribution < 1.29 is 24.2 Å². The Balaban J connectivity index is 2.43. The highest BCUT2D eigenvalue weighted by Crippen LogP contribution is 2.05. The molecule has 0 aromatic heterocycles. The minimum absolute atomic E-state index is 0.0417. The van der Waals surface area contributed by atoms with E-state index in [9.17, 15) is 14.4 Å². The van der Waals surface area contributed by atoms with Crippen molar-refractivity contribution >= 4 is 17.9 Å². The van der Waals surface area contributed by atoms with Gasteiger partial charge in [0.25, 0.3) is 0 Å². The number of carboxylic acids is 1. The molecule has 0 radical (unpaired) electrons. The number of morpholine rings is 1. The van der Waals surface area contributed by atoms with Crippen molar-refractivity contribution in [3.05, 3.63) is 0 Å². The second-order valence-electron chi connectivity index (χ2n) is 3.27. The number of nitrogens with two attached hydrogens (primary N) is 1.